The number of nitrogens with zero attached hydrogens (tertiary/aromatic N) is 1. The zero-order valence-electron chi connectivity index (χ0n) is 13.8. The number of rotatable bonds is 5. The van der Waals surface area contributed by atoms with Crippen LogP contribution >= 0.6 is 11.8 Å². The van der Waals surface area contributed by atoms with E-state index in [-0.39, 0.29) is 5.91 Å². The van der Waals surface area contributed by atoms with Gasteiger partial charge in [-0.1, -0.05) is 12.1 Å². The molecule has 23 heavy (non-hydrogen) atoms. The van der Waals surface area contributed by atoms with Gasteiger partial charge in [-0.05, 0) is 37.0 Å². The highest BCUT2D eigenvalue weighted by Gasteiger charge is 2.27. The van der Waals surface area contributed by atoms with E-state index in [2.05, 4.69) is 16.3 Å². The van der Waals surface area contributed by atoms with Crippen LogP contribution in [-0.2, 0) is 11.2 Å². The van der Waals surface area contributed by atoms with Gasteiger partial charge in [-0.3, -0.25) is 9.69 Å². The number of thioether (sulfide) groups is 1. The molecule has 2 fully saturated rings. The van der Waals surface area contributed by atoms with Crippen LogP contribution in [-0.4, -0.2) is 61.2 Å². The Labute approximate surface area is 143 Å². The van der Waals surface area contributed by atoms with E-state index in [1.54, 1.807) is 7.05 Å². The molecule has 5 heteroatoms. The maximum atomic E-state index is 11.7. The molecule has 2 aliphatic heterocycles. The maximum absolute atomic E-state index is 11.7. The van der Waals surface area contributed by atoms with Crippen molar-refractivity contribution in [2.75, 3.05) is 38.2 Å². The number of carbonyl (C=O) groups is 1. The number of carbonyl (C=O) groups excluding carboxylic acids is 1. The first-order valence-corrected chi connectivity index (χ1v) is 9.66. The van der Waals surface area contributed by atoms with Gasteiger partial charge in [0.1, 0.15) is 0 Å². The van der Waals surface area contributed by atoms with Crippen molar-refractivity contribution in [2.24, 2.45) is 0 Å². The van der Waals surface area contributed by atoms with Gasteiger partial charge in [0.25, 0.3) is 5.91 Å². The van der Waals surface area contributed by atoms with Crippen molar-refractivity contribution >= 4 is 17.7 Å². The molecule has 2 aliphatic rings. The summed E-state index contributed by atoms with van der Waals surface area (Å²) < 4.78 is 6.25. The van der Waals surface area contributed by atoms with E-state index in [4.69, 9.17) is 4.74 Å². The molecule has 126 valence electrons. The molecule has 1 amide bonds. The summed E-state index contributed by atoms with van der Waals surface area (Å²) in [7, 11) is 1.67. The molecule has 0 bridgehead atoms. The van der Waals surface area contributed by atoms with Crippen LogP contribution in [0.15, 0.2) is 24.3 Å². The molecule has 2 saturated heterocycles. The SMILES string of the molecule is CNC(=O)c1cccc(C[C@@H]2CC[C@H](CN3CCSCC3)O2)c1. The molecular weight excluding hydrogens is 308 g/mol. The monoisotopic (exact) mass is 334 g/mol. The van der Waals surface area contributed by atoms with E-state index < -0.39 is 0 Å². The average Bonchev–Trinajstić information content (AvgIpc) is 3.02. The van der Waals surface area contributed by atoms with Gasteiger partial charge in [0.15, 0.2) is 0 Å². The Morgan fingerprint density at radius 1 is 1.30 bits per heavy atom. The number of hydrogen-bond donors (Lipinski definition) is 1. The van der Waals surface area contributed by atoms with E-state index in [0.717, 1.165) is 31.4 Å². The quantitative estimate of drug-likeness (QED) is 0.896. The van der Waals surface area contributed by atoms with Crippen LogP contribution in [0.3, 0.4) is 0 Å². The Bertz CT molecular complexity index is 532. The van der Waals surface area contributed by atoms with Crippen LogP contribution in [0.4, 0.5) is 0 Å². The summed E-state index contributed by atoms with van der Waals surface area (Å²) in [6.45, 7) is 3.47. The zero-order chi connectivity index (χ0) is 16.1. The van der Waals surface area contributed by atoms with E-state index in [0.29, 0.717) is 12.2 Å². The average molecular weight is 334 g/mol. The topological polar surface area (TPSA) is 41.6 Å². The van der Waals surface area contributed by atoms with Crippen LogP contribution < -0.4 is 5.32 Å². The van der Waals surface area contributed by atoms with Crippen molar-refractivity contribution in [2.45, 2.75) is 31.5 Å². The fraction of sp³-hybridized carbons (Fsp3) is 0.611. The van der Waals surface area contributed by atoms with Crippen LogP contribution in [0.5, 0.6) is 0 Å². The lowest BCUT2D eigenvalue weighted by atomic mass is 10.0. The minimum absolute atomic E-state index is 0.0277. The first kappa shape index (κ1) is 16.8. The number of ether oxygens (including phenoxy) is 1. The second-order valence-electron chi connectivity index (χ2n) is 6.35. The minimum Gasteiger partial charge on any atom is -0.373 e. The molecule has 4 nitrogen and oxygen atoms in total. The standard InChI is InChI=1S/C18H26N2O2S/c1-19-18(21)15-4-2-3-14(11-15)12-16-5-6-17(22-16)13-20-7-9-23-10-8-20/h2-4,11,16-17H,5-10,12-13H2,1H3,(H,19,21)/t16-,17+/m0/s1. The Hall–Kier alpha value is -1.04. The van der Waals surface area contributed by atoms with Gasteiger partial charge >= 0.3 is 0 Å². The van der Waals surface area contributed by atoms with Gasteiger partial charge in [0.2, 0.25) is 0 Å². The Balaban J connectivity index is 1.50. The van der Waals surface area contributed by atoms with Crippen molar-refractivity contribution in [3.05, 3.63) is 35.4 Å². The third-order valence-corrected chi connectivity index (χ3v) is 5.58. The van der Waals surface area contributed by atoms with Crippen molar-refractivity contribution in [3.8, 4) is 0 Å². The van der Waals surface area contributed by atoms with E-state index in [1.807, 2.05) is 30.0 Å². The van der Waals surface area contributed by atoms with Gasteiger partial charge in [-0.15, -0.1) is 0 Å². The van der Waals surface area contributed by atoms with E-state index in [9.17, 15) is 4.79 Å². The molecule has 0 aliphatic carbocycles. The summed E-state index contributed by atoms with van der Waals surface area (Å²) in [6, 6.07) is 7.88. The van der Waals surface area contributed by atoms with Crippen LogP contribution in [0.1, 0.15) is 28.8 Å². The fourth-order valence-corrected chi connectivity index (χ4v) is 4.36. The molecule has 1 N–H and O–H groups in total. The Kier molecular flexibility index (Phi) is 5.97. The molecule has 0 saturated carbocycles. The molecule has 3 rings (SSSR count). The van der Waals surface area contributed by atoms with Crippen LogP contribution in [0, 0.1) is 0 Å². The van der Waals surface area contributed by atoms with E-state index in [1.165, 1.54) is 30.2 Å². The Morgan fingerprint density at radius 2 is 2.09 bits per heavy atom. The third kappa shape index (κ3) is 4.72. The molecule has 1 aromatic rings. The summed E-state index contributed by atoms with van der Waals surface area (Å²) in [5.41, 5.74) is 1.91. The van der Waals surface area contributed by atoms with Gasteiger partial charge in [-0.2, -0.15) is 11.8 Å². The maximum Gasteiger partial charge on any atom is 0.251 e. The van der Waals surface area contributed by atoms with Crippen molar-refractivity contribution in [1.29, 1.82) is 0 Å². The highest BCUT2D eigenvalue weighted by Crippen LogP contribution is 2.24. The van der Waals surface area contributed by atoms with Crippen LogP contribution in [0.2, 0.25) is 0 Å². The molecule has 2 atom stereocenters. The summed E-state index contributed by atoms with van der Waals surface area (Å²) >= 11 is 2.05. The second-order valence-corrected chi connectivity index (χ2v) is 7.58. The molecular formula is C18H26N2O2S. The molecule has 0 radical (unpaired) electrons. The number of amides is 1. The van der Waals surface area contributed by atoms with Crippen molar-refractivity contribution in [3.63, 3.8) is 0 Å². The predicted molar refractivity (Wildman–Crippen MR) is 95.2 cm³/mol. The van der Waals surface area contributed by atoms with Crippen LogP contribution in [0.25, 0.3) is 0 Å². The lowest BCUT2D eigenvalue weighted by molar-refractivity contribution is 0.0251. The largest absolute Gasteiger partial charge is 0.373 e. The number of benzene rings is 1. The first-order valence-electron chi connectivity index (χ1n) is 8.51. The molecule has 0 spiro atoms. The summed E-state index contributed by atoms with van der Waals surface area (Å²) in [5, 5.41) is 2.68. The highest BCUT2D eigenvalue weighted by atomic mass is 32.2. The fourth-order valence-electron chi connectivity index (χ4n) is 3.38. The van der Waals surface area contributed by atoms with Gasteiger partial charge in [0, 0.05) is 43.8 Å². The van der Waals surface area contributed by atoms with Crippen molar-refractivity contribution in [1.82, 2.24) is 10.2 Å². The highest BCUT2D eigenvalue weighted by molar-refractivity contribution is 7.99. The number of hydrogen-bond acceptors (Lipinski definition) is 4. The Morgan fingerprint density at radius 3 is 2.87 bits per heavy atom. The lowest BCUT2D eigenvalue weighted by Crippen LogP contribution is -2.38. The smallest absolute Gasteiger partial charge is 0.251 e. The summed E-state index contributed by atoms with van der Waals surface area (Å²) in [5.74, 6) is 2.48. The lowest BCUT2D eigenvalue weighted by Gasteiger charge is -2.28. The summed E-state index contributed by atoms with van der Waals surface area (Å²) in [4.78, 5) is 14.3. The normalized spacial score (nSPS) is 25.4. The van der Waals surface area contributed by atoms with Gasteiger partial charge < -0.3 is 10.1 Å². The number of nitrogens with one attached hydrogen (secondary N) is 1. The predicted octanol–water partition coefficient (Wildman–Crippen LogP) is 2.19. The van der Waals surface area contributed by atoms with Crippen molar-refractivity contribution < 1.29 is 9.53 Å². The molecule has 1 aromatic carbocycles. The van der Waals surface area contributed by atoms with Gasteiger partial charge in [-0.25, -0.2) is 0 Å². The summed E-state index contributed by atoms with van der Waals surface area (Å²) in [6.07, 6.45) is 3.85. The third-order valence-electron chi connectivity index (χ3n) is 4.64. The second kappa shape index (κ2) is 8.18. The van der Waals surface area contributed by atoms with E-state index >= 15 is 0 Å². The van der Waals surface area contributed by atoms with Gasteiger partial charge in [0.05, 0.1) is 12.2 Å². The first-order chi connectivity index (χ1) is 11.2. The zero-order valence-corrected chi connectivity index (χ0v) is 14.6. The molecule has 2 heterocycles. The molecule has 0 aromatic heterocycles. The minimum atomic E-state index is -0.0277. The molecule has 0 unspecified atom stereocenters.